The highest BCUT2D eigenvalue weighted by atomic mass is 16.5. The Kier molecular flexibility index (Phi) is 5.23. The number of piperidine rings is 1. The van der Waals surface area contributed by atoms with Gasteiger partial charge in [-0.3, -0.25) is 15.0 Å². The maximum absolute atomic E-state index is 11.8. The molecule has 3 amide bonds. The van der Waals surface area contributed by atoms with Gasteiger partial charge < -0.3 is 15.0 Å². The number of rotatable bonds is 4. The van der Waals surface area contributed by atoms with E-state index in [2.05, 4.69) is 32.8 Å². The minimum absolute atomic E-state index is 0.252. The number of likely N-dealkylation sites (tertiary alicyclic amines) is 1. The summed E-state index contributed by atoms with van der Waals surface area (Å²) in [4.78, 5) is 28.4. The Morgan fingerprint density at radius 3 is 2.76 bits per heavy atom. The molecular weight excluding hydrogens is 320 g/mol. The first kappa shape index (κ1) is 17.3. The minimum atomic E-state index is -0.465. The van der Waals surface area contributed by atoms with Gasteiger partial charge in [-0.1, -0.05) is 0 Å². The number of amides is 3. The van der Waals surface area contributed by atoms with Gasteiger partial charge in [0.1, 0.15) is 5.75 Å². The van der Waals surface area contributed by atoms with Crippen LogP contribution in [0, 0.1) is 0 Å². The third-order valence-electron chi connectivity index (χ3n) is 4.80. The number of carbonyl (C=O) groups excluding carboxylic acids is 2. The lowest BCUT2D eigenvalue weighted by Crippen LogP contribution is -2.45. The molecule has 3 N–H and O–H groups in total. The van der Waals surface area contributed by atoms with E-state index >= 15 is 0 Å². The number of hydrogen-bond donors (Lipinski definition) is 3. The molecule has 7 nitrogen and oxygen atoms in total. The van der Waals surface area contributed by atoms with Crippen molar-refractivity contribution in [2.75, 3.05) is 33.8 Å². The Balaban J connectivity index is 1.61. The number of ether oxygens (including phenoxy) is 1. The van der Waals surface area contributed by atoms with Gasteiger partial charge >= 0.3 is 6.03 Å². The fourth-order valence-electron chi connectivity index (χ4n) is 3.42. The number of aromatic amines is 1. The van der Waals surface area contributed by atoms with Crippen molar-refractivity contribution >= 4 is 22.8 Å². The maximum Gasteiger partial charge on any atom is 0.321 e. The summed E-state index contributed by atoms with van der Waals surface area (Å²) in [5.74, 6) is 1.05. The first-order valence-electron chi connectivity index (χ1n) is 8.49. The van der Waals surface area contributed by atoms with Crippen LogP contribution in [0.4, 0.5) is 4.79 Å². The molecule has 1 saturated heterocycles. The van der Waals surface area contributed by atoms with Gasteiger partial charge in [0.15, 0.2) is 0 Å². The number of imide groups is 1. The Morgan fingerprint density at radius 2 is 2.08 bits per heavy atom. The van der Waals surface area contributed by atoms with Crippen molar-refractivity contribution in [1.82, 2.24) is 20.5 Å². The second-order valence-electron chi connectivity index (χ2n) is 6.33. The average Bonchev–Trinajstić information content (AvgIpc) is 3.05. The van der Waals surface area contributed by atoms with Crippen LogP contribution in [0.5, 0.6) is 5.75 Å². The number of benzene rings is 1. The summed E-state index contributed by atoms with van der Waals surface area (Å²) in [6.07, 6.45) is 4.05. The van der Waals surface area contributed by atoms with Gasteiger partial charge in [-0.15, -0.1) is 0 Å². The Labute approximate surface area is 146 Å². The standard InChI is InChI=1S/C18H24N4O3/c1-19-18(24)21-17(23)11-22-7-5-12(6-8-22)15-10-20-16-4-3-13(25-2)9-14(15)16/h3-4,9-10,12,20H,5-8,11H2,1-2H3,(H2,19,21,23,24). The molecule has 0 spiro atoms. The van der Waals surface area contributed by atoms with E-state index in [1.54, 1.807) is 7.11 Å². The van der Waals surface area contributed by atoms with Crippen LogP contribution in [0.1, 0.15) is 24.3 Å². The fraction of sp³-hybridized carbons (Fsp3) is 0.444. The summed E-state index contributed by atoms with van der Waals surface area (Å²) in [5, 5.41) is 5.89. The number of urea groups is 1. The fourth-order valence-corrected chi connectivity index (χ4v) is 3.42. The number of methoxy groups -OCH3 is 1. The Hall–Kier alpha value is -2.54. The van der Waals surface area contributed by atoms with E-state index in [1.165, 1.54) is 18.0 Å². The normalized spacial score (nSPS) is 15.9. The molecule has 1 aromatic heterocycles. The Morgan fingerprint density at radius 1 is 1.32 bits per heavy atom. The summed E-state index contributed by atoms with van der Waals surface area (Å²) >= 11 is 0. The zero-order valence-corrected chi connectivity index (χ0v) is 14.6. The van der Waals surface area contributed by atoms with Crippen LogP contribution in [-0.2, 0) is 4.79 Å². The first-order valence-corrected chi connectivity index (χ1v) is 8.49. The number of hydrogen-bond acceptors (Lipinski definition) is 4. The second-order valence-corrected chi connectivity index (χ2v) is 6.33. The maximum atomic E-state index is 11.8. The van der Waals surface area contributed by atoms with Gasteiger partial charge in [-0.25, -0.2) is 4.79 Å². The third kappa shape index (κ3) is 3.93. The predicted octanol–water partition coefficient (Wildman–Crippen LogP) is 1.81. The molecule has 0 aliphatic carbocycles. The lowest BCUT2D eigenvalue weighted by atomic mass is 9.89. The topological polar surface area (TPSA) is 86.5 Å². The number of nitrogens with zero attached hydrogens (tertiary/aromatic N) is 1. The van der Waals surface area contributed by atoms with Crippen LogP contribution in [0.15, 0.2) is 24.4 Å². The largest absolute Gasteiger partial charge is 0.497 e. The quantitative estimate of drug-likeness (QED) is 0.789. The minimum Gasteiger partial charge on any atom is -0.497 e. The molecule has 3 rings (SSSR count). The summed E-state index contributed by atoms with van der Waals surface area (Å²) in [5.41, 5.74) is 2.42. The first-order chi connectivity index (χ1) is 12.1. The molecule has 25 heavy (non-hydrogen) atoms. The molecule has 134 valence electrons. The highest BCUT2D eigenvalue weighted by molar-refractivity contribution is 5.95. The van der Waals surface area contributed by atoms with Crippen molar-refractivity contribution in [3.63, 3.8) is 0 Å². The van der Waals surface area contributed by atoms with Crippen LogP contribution < -0.4 is 15.4 Å². The Bertz CT molecular complexity index is 763. The molecule has 0 unspecified atom stereocenters. The summed E-state index contributed by atoms with van der Waals surface area (Å²) in [6.45, 7) is 1.92. The number of carbonyl (C=O) groups is 2. The molecule has 1 aliphatic heterocycles. The van der Waals surface area contributed by atoms with Crippen LogP contribution >= 0.6 is 0 Å². The molecule has 1 aliphatic rings. The SMILES string of the molecule is CNC(=O)NC(=O)CN1CCC(c2c[nH]c3ccc(OC)cc23)CC1. The summed E-state index contributed by atoms with van der Waals surface area (Å²) < 4.78 is 5.34. The lowest BCUT2D eigenvalue weighted by molar-refractivity contribution is -0.121. The van der Waals surface area contributed by atoms with Crippen molar-refractivity contribution in [2.45, 2.75) is 18.8 Å². The van der Waals surface area contributed by atoms with Crippen molar-refractivity contribution in [1.29, 1.82) is 0 Å². The van der Waals surface area contributed by atoms with E-state index in [1.807, 2.05) is 12.1 Å². The number of nitrogens with one attached hydrogen (secondary N) is 3. The molecule has 2 heterocycles. The lowest BCUT2D eigenvalue weighted by Gasteiger charge is -2.31. The average molecular weight is 344 g/mol. The molecule has 2 aromatic rings. The number of aromatic nitrogens is 1. The summed E-state index contributed by atoms with van der Waals surface area (Å²) in [6, 6.07) is 5.60. The van der Waals surface area contributed by atoms with Crippen LogP contribution in [0.3, 0.4) is 0 Å². The highest BCUT2D eigenvalue weighted by Crippen LogP contribution is 2.34. The number of H-pyrrole nitrogens is 1. The molecule has 7 heteroatoms. The third-order valence-corrected chi connectivity index (χ3v) is 4.80. The molecule has 0 saturated carbocycles. The molecule has 0 atom stereocenters. The monoisotopic (exact) mass is 344 g/mol. The molecule has 0 bridgehead atoms. The van der Waals surface area contributed by atoms with E-state index in [4.69, 9.17) is 4.74 Å². The summed E-state index contributed by atoms with van der Waals surface area (Å²) in [7, 11) is 3.17. The molecular formula is C18H24N4O3. The van der Waals surface area contributed by atoms with E-state index in [9.17, 15) is 9.59 Å². The van der Waals surface area contributed by atoms with Crippen molar-refractivity contribution in [2.24, 2.45) is 0 Å². The van der Waals surface area contributed by atoms with Crippen molar-refractivity contribution in [3.05, 3.63) is 30.0 Å². The smallest absolute Gasteiger partial charge is 0.321 e. The van der Waals surface area contributed by atoms with E-state index in [0.29, 0.717) is 5.92 Å². The highest BCUT2D eigenvalue weighted by Gasteiger charge is 2.24. The van der Waals surface area contributed by atoms with Crippen molar-refractivity contribution in [3.8, 4) is 5.75 Å². The molecule has 1 fully saturated rings. The van der Waals surface area contributed by atoms with Crippen molar-refractivity contribution < 1.29 is 14.3 Å². The van der Waals surface area contributed by atoms with E-state index in [0.717, 1.165) is 37.2 Å². The zero-order valence-electron chi connectivity index (χ0n) is 14.6. The predicted molar refractivity (Wildman–Crippen MR) is 95.9 cm³/mol. The molecule has 1 aromatic carbocycles. The van der Waals surface area contributed by atoms with Gasteiger partial charge in [0.2, 0.25) is 5.91 Å². The number of fused-ring (bicyclic) bond motifs is 1. The van der Waals surface area contributed by atoms with Crippen LogP contribution in [0.2, 0.25) is 0 Å². The van der Waals surface area contributed by atoms with Gasteiger partial charge in [0.25, 0.3) is 0 Å². The van der Waals surface area contributed by atoms with Gasteiger partial charge in [0, 0.05) is 24.1 Å². The van der Waals surface area contributed by atoms with Gasteiger partial charge in [0.05, 0.1) is 13.7 Å². The molecule has 0 radical (unpaired) electrons. The van der Waals surface area contributed by atoms with Gasteiger partial charge in [-0.2, -0.15) is 0 Å². The van der Waals surface area contributed by atoms with E-state index < -0.39 is 6.03 Å². The zero-order chi connectivity index (χ0) is 17.8. The second kappa shape index (κ2) is 7.57. The van der Waals surface area contributed by atoms with E-state index in [-0.39, 0.29) is 12.5 Å². The van der Waals surface area contributed by atoms with Crippen LogP contribution in [0.25, 0.3) is 10.9 Å². The van der Waals surface area contributed by atoms with Crippen LogP contribution in [-0.4, -0.2) is 55.6 Å². The van der Waals surface area contributed by atoms with Gasteiger partial charge in [-0.05, 0) is 55.6 Å².